The molecule has 0 fully saturated rings. The average Bonchev–Trinajstić information content (AvgIpc) is 2.55. The highest BCUT2D eigenvalue weighted by molar-refractivity contribution is 7.99. The number of hydrogen-bond acceptors (Lipinski definition) is 2. The Hall–Kier alpha value is -2.13. The van der Waals surface area contributed by atoms with Crippen LogP contribution >= 0.6 is 11.8 Å². The summed E-state index contributed by atoms with van der Waals surface area (Å²) in [5.41, 5.74) is 2.22. The van der Waals surface area contributed by atoms with E-state index in [0.29, 0.717) is 0 Å². The molecule has 0 unspecified atom stereocenters. The molecule has 0 spiro atoms. The van der Waals surface area contributed by atoms with Crippen LogP contribution in [-0.2, 0) is 0 Å². The number of azo groups is 2. The monoisotopic (exact) mass is 277 g/mol. The number of benzene rings is 3. The molecule has 0 radical (unpaired) electrons. The molecular formula is C17H13N2S+. The molecule has 0 aromatic heterocycles. The third-order valence-electron chi connectivity index (χ3n) is 3.48. The van der Waals surface area contributed by atoms with Crippen LogP contribution in [0.4, 0.5) is 11.4 Å². The van der Waals surface area contributed by atoms with E-state index in [1.54, 1.807) is 0 Å². The van der Waals surface area contributed by atoms with Crippen LogP contribution in [0, 0.1) is 0 Å². The fourth-order valence-corrected chi connectivity index (χ4v) is 3.39. The summed E-state index contributed by atoms with van der Waals surface area (Å²) in [6.07, 6.45) is 0. The molecule has 0 aliphatic carbocycles. The van der Waals surface area contributed by atoms with E-state index in [4.69, 9.17) is 5.11 Å². The van der Waals surface area contributed by atoms with Gasteiger partial charge in [0.15, 0.2) is 5.69 Å². The molecule has 0 saturated heterocycles. The van der Waals surface area contributed by atoms with Crippen molar-refractivity contribution in [3.05, 3.63) is 66.7 Å². The molecule has 0 atom stereocenters. The van der Waals surface area contributed by atoms with E-state index >= 15 is 0 Å². The van der Waals surface area contributed by atoms with Crippen molar-refractivity contribution in [3.8, 4) is 0 Å². The van der Waals surface area contributed by atoms with Crippen LogP contribution in [0.3, 0.4) is 0 Å². The van der Waals surface area contributed by atoms with Gasteiger partial charge in [-0.15, -0.1) is 0 Å². The van der Waals surface area contributed by atoms with Gasteiger partial charge in [0.25, 0.3) is 0 Å². The maximum absolute atomic E-state index is 4.86. The number of fused-ring (bicyclic) bond motifs is 3. The third-order valence-corrected chi connectivity index (χ3v) is 4.49. The SMILES string of the molecule is c1ccc([N+]2=Nc3c(ccc4ccccc34)SC2)cc1. The summed E-state index contributed by atoms with van der Waals surface area (Å²) in [6.45, 7) is 0. The van der Waals surface area contributed by atoms with Crippen molar-refractivity contribution in [1.82, 2.24) is 0 Å². The number of hydrogen-bond donors (Lipinski definition) is 0. The van der Waals surface area contributed by atoms with Gasteiger partial charge in [0, 0.05) is 27.5 Å². The lowest BCUT2D eigenvalue weighted by molar-refractivity contribution is -0.487. The zero-order chi connectivity index (χ0) is 13.4. The van der Waals surface area contributed by atoms with Crippen molar-refractivity contribution in [2.24, 2.45) is 5.11 Å². The van der Waals surface area contributed by atoms with Gasteiger partial charge in [0.2, 0.25) is 11.6 Å². The van der Waals surface area contributed by atoms with E-state index in [0.717, 1.165) is 17.3 Å². The van der Waals surface area contributed by atoms with Crippen molar-refractivity contribution in [2.45, 2.75) is 4.90 Å². The quantitative estimate of drug-likeness (QED) is 0.549. The molecule has 0 bridgehead atoms. The Morgan fingerprint density at radius 1 is 0.850 bits per heavy atom. The molecule has 1 heterocycles. The lowest BCUT2D eigenvalue weighted by Crippen LogP contribution is -2.05. The summed E-state index contributed by atoms with van der Waals surface area (Å²) in [7, 11) is 0. The second-order valence-corrected chi connectivity index (χ2v) is 5.73. The highest BCUT2D eigenvalue weighted by Crippen LogP contribution is 2.40. The van der Waals surface area contributed by atoms with Gasteiger partial charge in [0.1, 0.15) is 0 Å². The predicted molar refractivity (Wildman–Crippen MR) is 83.1 cm³/mol. The van der Waals surface area contributed by atoms with Crippen LogP contribution < -0.4 is 0 Å². The first-order valence-corrected chi connectivity index (χ1v) is 7.59. The van der Waals surface area contributed by atoms with E-state index in [9.17, 15) is 0 Å². The molecule has 3 aromatic rings. The van der Waals surface area contributed by atoms with E-state index in [2.05, 4.69) is 53.2 Å². The van der Waals surface area contributed by atoms with Gasteiger partial charge in [-0.3, -0.25) is 0 Å². The van der Waals surface area contributed by atoms with Gasteiger partial charge in [-0.05, 0) is 11.5 Å². The van der Waals surface area contributed by atoms with Crippen LogP contribution in [0.15, 0.2) is 76.7 Å². The van der Waals surface area contributed by atoms with E-state index in [-0.39, 0.29) is 0 Å². The molecule has 3 heteroatoms. The Labute approximate surface area is 121 Å². The first kappa shape index (κ1) is 11.7. The van der Waals surface area contributed by atoms with Crippen LogP contribution in [0.2, 0.25) is 0 Å². The maximum Gasteiger partial charge on any atom is 0.232 e. The number of nitrogens with zero attached hydrogens (tertiary/aromatic N) is 2. The molecule has 20 heavy (non-hydrogen) atoms. The van der Waals surface area contributed by atoms with Gasteiger partial charge in [-0.25, -0.2) is 0 Å². The standard InChI is InChI=1S/C17H13N2S/c1-2-7-14(8-3-1)19-12-20-16-11-10-13-6-4-5-9-15(13)17(16)18-19/h1-11H,12H2/q+1. The van der Waals surface area contributed by atoms with E-state index in [1.807, 2.05) is 30.0 Å². The van der Waals surface area contributed by atoms with Crippen LogP contribution in [0.1, 0.15) is 0 Å². The third kappa shape index (κ3) is 1.91. The topological polar surface area (TPSA) is 15.4 Å². The van der Waals surface area contributed by atoms with Gasteiger partial charge < -0.3 is 0 Å². The van der Waals surface area contributed by atoms with Crippen molar-refractivity contribution < 1.29 is 4.70 Å². The van der Waals surface area contributed by atoms with Crippen LogP contribution in [0.25, 0.3) is 10.8 Å². The van der Waals surface area contributed by atoms with Crippen LogP contribution in [-0.4, -0.2) is 10.6 Å². The van der Waals surface area contributed by atoms with E-state index in [1.165, 1.54) is 15.7 Å². The fourth-order valence-electron chi connectivity index (χ4n) is 2.47. The second kappa shape index (κ2) is 4.76. The zero-order valence-electron chi connectivity index (χ0n) is 10.9. The molecule has 4 rings (SSSR count). The summed E-state index contributed by atoms with van der Waals surface area (Å²) >= 11 is 1.84. The smallest absolute Gasteiger partial charge is 0.0736 e. The highest BCUT2D eigenvalue weighted by atomic mass is 32.2. The number of thioether (sulfide) groups is 1. The Morgan fingerprint density at radius 2 is 1.65 bits per heavy atom. The Kier molecular flexibility index (Phi) is 2.78. The first-order chi connectivity index (χ1) is 9.92. The first-order valence-electron chi connectivity index (χ1n) is 6.60. The highest BCUT2D eigenvalue weighted by Gasteiger charge is 2.22. The predicted octanol–water partition coefficient (Wildman–Crippen LogP) is 5.33. The van der Waals surface area contributed by atoms with Crippen molar-refractivity contribution in [1.29, 1.82) is 0 Å². The Balaban J connectivity index is 1.93. The number of para-hydroxylation sites is 1. The van der Waals surface area contributed by atoms with Crippen molar-refractivity contribution >= 4 is 33.9 Å². The summed E-state index contributed by atoms with van der Waals surface area (Å²) in [5, 5.41) is 7.32. The van der Waals surface area contributed by atoms with Crippen LogP contribution in [0.5, 0.6) is 0 Å². The largest absolute Gasteiger partial charge is 0.232 e. The molecule has 0 N–H and O–H groups in total. The molecule has 1 aliphatic heterocycles. The average molecular weight is 277 g/mol. The summed E-state index contributed by atoms with van der Waals surface area (Å²) in [6, 6.07) is 23.1. The molecule has 96 valence electrons. The van der Waals surface area contributed by atoms with Crippen molar-refractivity contribution in [3.63, 3.8) is 0 Å². The maximum atomic E-state index is 4.86. The van der Waals surface area contributed by atoms with Crippen molar-refractivity contribution in [2.75, 3.05) is 5.88 Å². The van der Waals surface area contributed by atoms with Gasteiger partial charge in [-0.2, -0.15) is 0 Å². The Morgan fingerprint density at radius 3 is 2.55 bits per heavy atom. The minimum absolute atomic E-state index is 0.857. The summed E-state index contributed by atoms with van der Waals surface area (Å²) in [5.74, 6) is 0.857. The molecule has 0 saturated carbocycles. The molecule has 0 amide bonds. The summed E-state index contributed by atoms with van der Waals surface area (Å²) in [4.78, 5) is 1.26. The van der Waals surface area contributed by atoms with Gasteiger partial charge in [-0.1, -0.05) is 65.0 Å². The minimum Gasteiger partial charge on any atom is -0.0736 e. The second-order valence-electron chi connectivity index (χ2n) is 4.74. The van der Waals surface area contributed by atoms with Gasteiger partial charge >= 0.3 is 0 Å². The molecular weight excluding hydrogens is 264 g/mol. The molecule has 2 nitrogen and oxygen atoms in total. The number of rotatable bonds is 1. The molecule has 3 aromatic carbocycles. The minimum atomic E-state index is 0.857. The van der Waals surface area contributed by atoms with Gasteiger partial charge in [0.05, 0.1) is 0 Å². The summed E-state index contributed by atoms with van der Waals surface area (Å²) < 4.78 is 2.07. The zero-order valence-corrected chi connectivity index (χ0v) is 11.7. The Bertz CT molecular complexity index is 810. The fraction of sp³-hybridized carbons (Fsp3) is 0.0588. The van der Waals surface area contributed by atoms with E-state index < -0.39 is 0 Å². The molecule has 1 aliphatic rings. The lowest BCUT2D eigenvalue weighted by Gasteiger charge is -2.11. The normalized spacial score (nSPS) is 13.9. The lowest BCUT2D eigenvalue weighted by atomic mass is 10.1.